The molecule has 1 amide bonds. The summed E-state index contributed by atoms with van der Waals surface area (Å²) in [6.45, 7) is 7.63. The molecule has 1 fully saturated rings. The number of hydrogen-bond acceptors (Lipinski definition) is 2. The third-order valence-electron chi connectivity index (χ3n) is 3.86. The molecule has 5 nitrogen and oxygen atoms in total. The molecule has 1 aromatic rings. The standard InChI is InChI=1S/C18H28N4O/c1-4-19-18(21-13(2)3)20-12-14-7-5-10-16(11-14)22-17(23)15-8-6-9-15/h5,7,10-11,13,15H,4,6,8-9,12H2,1-3H3,(H,22,23)(H2,19,20,21). The first kappa shape index (κ1) is 17.3. The molecule has 126 valence electrons. The molecule has 1 aromatic carbocycles. The monoisotopic (exact) mass is 316 g/mol. The van der Waals surface area contributed by atoms with Crippen LogP contribution in [-0.2, 0) is 11.3 Å². The van der Waals surface area contributed by atoms with Crippen molar-refractivity contribution in [2.75, 3.05) is 11.9 Å². The van der Waals surface area contributed by atoms with Gasteiger partial charge in [0.15, 0.2) is 5.96 Å². The number of rotatable bonds is 6. The van der Waals surface area contributed by atoms with Gasteiger partial charge in [-0.3, -0.25) is 4.79 Å². The predicted molar refractivity (Wildman–Crippen MR) is 95.5 cm³/mol. The third-order valence-corrected chi connectivity index (χ3v) is 3.86. The number of nitrogens with zero attached hydrogens (tertiary/aromatic N) is 1. The topological polar surface area (TPSA) is 65.5 Å². The van der Waals surface area contributed by atoms with Gasteiger partial charge >= 0.3 is 0 Å². The minimum Gasteiger partial charge on any atom is -0.357 e. The molecule has 5 heteroatoms. The lowest BCUT2D eigenvalue weighted by Crippen LogP contribution is -2.41. The molecule has 0 aromatic heterocycles. The highest BCUT2D eigenvalue weighted by Gasteiger charge is 2.25. The zero-order chi connectivity index (χ0) is 16.7. The Balaban J connectivity index is 1.96. The van der Waals surface area contributed by atoms with Crippen molar-refractivity contribution in [3.8, 4) is 0 Å². The van der Waals surface area contributed by atoms with E-state index in [9.17, 15) is 4.79 Å². The first-order valence-corrected chi connectivity index (χ1v) is 8.53. The van der Waals surface area contributed by atoms with Crippen LogP contribution in [-0.4, -0.2) is 24.5 Å². The third kappa shape index (κ3) is 5.58. The van der Waals surface area contributed by atoms with E-state index in [-0.39, 0.29) is 11.8 Å². The molecular weight excluding hydrogens is 288 g/mol. The van der Waals surface area contributed by atoms with Crippen molar-refractivity contribution < 1.29 is 4.79 Å². The van der Waals surface area contributed by atoms with Crippen molar-refractivity contribution in [3.63, 3.8) is 0 Å². The highest BCUT2D eigenvalue weighted by molar-refractivity contribution is 5.93. The molecule has 0 bridgehead atoms. The summed E-state index contributed by atoms with van der Waals surface area (Å²) in [6, 6.07) is 8.26. The van der Waals surface area contributed by atoms with Crippen molar-refractivity contribution in [1.29, 1.82) is 0 Å². The van der Waals surface area contributed by atoms with Crippen molar-refractivity contribution >= 4 is 17.6 Å². The Morgan fingerprint density at radius 2 is 2.13 bits per heavy atom. The van der Waals surface area contributed by atoms with Gasteiger partial charge in [-0.25, -0.2) is 4.99 Å². The summed E-state index contributed by atoms with van der Waals surface area (Å²) in [4.78, 5) is 16.6. The van der Waals surface area contributed by atoms with Crippen molar-refractivity contribution in [3.05, 3.63) is 29.8 Å². The molecular formula is C18H28N4O. The summed E-state index contributed by atoms with van der Waals surface area (Å²) in [5.41, 5.74) is 1.94. The summed E-state index contributed by atoms with van der Waals surface area (Å²) in [6.07, 6.45) is 3.20. The normalized spacial score (nSPS) is 15.2. The fraction of sp³-hybridized carbons (Fsp3) is 0.556. The fourth-order valence-electron chi connectivity index (χ4n) is 2.43. The van der Waals surface area contributed by atoms with Crippen molar-refractivity contribution in [2.45, 2.75) is 52.6 Å². The van der Waals surface area contributed by atoms with Gasteiger partial charge in [0, 0.05) is 24.2 Å². The van der Waals surface area contributed by atoms with Crippen LogP contribution < -0.4 is 16.0 Å². The number of carbonyl (C=O) groups excluding carboxylic acids is 1. The van der Waals surface area contributed by atoms with E-state index >= 15 is 0 Å². The van der Waals surface area contributed by atoms with Crippen LogP contribution in [0.4, 0.5) is 5.69 Å². The van der Waals surface area contributed by atoms with Gasteiger partial charge in [-0.1, -0.05) is 18.6 Å². The smallest absolute Gasteiger partial charge is 0.227 e. The second kappa shape index (κ2) is 8.56. The molecule has 0 radical (unpaired) electrons. The molecule has 0 spiro atoms. The Morgan fingerprint density at radius 3 is 2.74 bits per heavy atom. The first-order valence-electron chi connectivity index (χ1n) is 8.53. The van der Waals surface area contributed by atoms with Crippen LogP contribution in [0.3, 0.4) is 0 Å². The maximum Gasteiger partial charge on any atom is 0.227 e. The SMILES string of the molecule is CCNC(=NCc1cccc(NC(=O)C2CCC2)c1)NC(C)C. The zero-order valence-corrected chi connectivity index (χ0v) is 14.4. The van der Waals surface area contributed by atoms with Gasteiger partial charge in [-0.2, -0.15) is 0 Å². The van der Waals surface area contributed by atoms with Gasteiger partial charge in [0.2, 0.25) is 5.91 Å². The van der Waals surface area contributed by atoms with E-state index < -0.39 is 0 Å². The lowest BCUT2D eigenvalue weighted by Gasteiger charge is -2.24. The predicted octanol–water partition coefficient (Wildman–Crippen LogP) is 2.89. The van der Waals surface area contributed by atoms with Crippen LogP contribution in [0.15, 0.2) is 29.3 Å². The van der Waals surface area contributed by atoms with Gasteiger partial charge in [-0.15, -0.1) is 0 Å². The van der Waals surface area contributed by atoms with Crippen LogP contribution in [0.25, 0.3) is 0 Å². The highest BCUT2D eigenvalue weighted by Crippen LogP contribution is 2.27. The zero-order valence-electron chi connectivity index (χ0n) is 14.4. The Morgan fingerprint density at radius 1 is 1.35 bits per heavy atom. The van der Waals surface area contributed by atoms with E-state index in [4.69, 9.17) is 0 Å². The number of nitrogens with one attached hydrogen (secondary N) is 3. The highest BCUT2D eigenvalue weighted by atomic mass is 16.1. The van der Waals surface area contributed by atoms with Gasteiger partial charge in [0.25, 0.3) is 0 Å². The minimum atomic E-state index is 0.145. The van der Waals surface area contributed by atoms with E-state index in [1.807, 2.05) is 31.2 Å². The van der Waals surface area contributed by atoms with Gasteiger partial charge in [0.05, 0.1) is 6.54 Å². The van der Waals surface area contributed by atoms with E-state index in [0.29, 0.717) is 12.6 Å². The van der Waals surface area contributed by atoms with Crippen molar-refractivity contribution in [2.24, 2.45) is 10.9 Å². The Kier molecular flexibility index (Phi) is 6.44. The Labute approximate surface area is 139 Å². The molecule has 0 atom stereocenters. The number of anilines is 1. The molecule has 3 N–H and O–H groups in total. The number of aliphatic imine (C=N–C) groups is 1. The minimum absolute atomic E-state index is 0.145. The summed E-state index contributed by atoms with van der Waals surface area (Å²) >= 11 is 0. The molecule has 23 heavy (non-hydrogen) atoms. The molecule has 0 saturated heterocycles. The van der Waals surface area contributed by atoms with E-state index in [1.54, 1.807) is 0 Å². The number of carbonyl (C=O) groups is 1. The van der Waals surface area contributed by atoms with Crippen LogP contribution in [0.5, 0.6) is 0 Å². The maximum absolute atomic E-state index is 12.0. The van der Waals surface area contributed by atoms with Crippen LogP contribution in [0.2, 0.25) is 0 Å². The first-order chi connectivity index (χ1) is 11.1. The molecule has 0 heterocycles. The number of amides is 1. The van der Waals surface area contributed by atoms with Crippen molar-refractivity contribution in [1.82, 2.24) is 10.6 Å². The Bertz CT molecular complexity index is 550. The molecule has 1 aliphatic carbocycles. The Hall–Kier alpha value is -2.04. The van der Waals surface area contributed by atoms with Crippen LogP contribution >= 0.6 is 0 Å². The van der Waals surface area contributed by atoms with E-state index in [0.717, 1.165) is 36.6 Å². The molecule has 0 aliphatic heterocycles. The van der Waals surface area contributed by atoms with Crippen LogP contribution in [0.1, 0.15) is 45.6 Å². The molecule has 1 saturated carbocycles. The number of hydrogen-bond donors (Lipinski definition) is 3. The summed E-state index contributed by atoms with van der Waals surface area (Å²) in [5, 5.41) is 9.54. The average molecular weight is 316 g/mol. The summed E-state index contributed by atoms with van der Waals surface area (Å²) in [5.74, 6) is 1.16. The second-order valence-corrected chi connectivity index (χ2v) is 6.31. The van der Waals surface area contributed by atoms with E-state index in [1.165, 1.54) is 6.42 Å². The summed E-state index contributed by atoms with van der Waals surface area (Å²) in [7, 11) is 0. The molecule has 0 unspecified atom stereocenters. The van der Waals surface area contributed by atoms with E-state index in [2.05, 4.69) is 34.8 Å². The molecule has 1 aliphatic rings. The largest absolute Gasteiger partial charge is 0.357 e. The second-order valence-electron chi connectivity index (χ2n) is 6.31. The fourth-order valence-corrected chi connectivity index (χ4v) is 2.43. The van der Waals surface area contributed by atoms with Gasteiger partial charge in [-0.05, 0) is 51.3 Å². The average Bonchev–Trinajstić information content (AvgIpc) is 2.43. The molecule has 2 rings (SSSR count). The van der Waals surface area contributed by atoms with Gasteiger partial charge < -0.3 is 16.0 Å². The lowest BCUT2D eigenvalue weighted by atomic mass is 9.85. The maximum atomic E-state index is 12.0. The lowest BCUT2D eigenvalue weighted by molar-refractivity contribution is -0.122. The van der Waals surface area contributed by atoms with Gasteiger partial charge in [0.1, 0.15) is 0 Å². The number of guanidine groups is 1. The summed E-state index contributed by atoms with van der Waals surface area (Å²) < 4.78 is 0. The van der Waals surface area contributed by atoms with Crippen LogP contribution in [0, 0.1) is 5.92 Å². The quantitative estimate of drug-likeness (QED) is 0.558. The number of benzene rings is 1.